The van der Waals surface area contributed by atoms with Gasteiger partial charge in [0.05, 0.1) is 6.54 Å². The predicted octanol–water partition coefficient (Wildman–Crippen LogP) is -0.761. The lowest BCUT2D eigenvalue weighted by molar-refractivity contribution is -0.135. The Bertz CT molecular complexity index is 263. The molecule has 3 amide bonds. The number of rotatable bonds is 6. The molecule has 0 aliphatic heterocycles. The zero-order valence-electron chi connectivity index (χ0n) is 9.45. The van der Waals surface area contributed by atoms with Crippen molar-refractivity contribution in [2.75, 3.05) is 26.2 Å². The van der Waals surface area contributed by atoms with Crippen molar-refractivity contribution in [2.24, 2.45) is 0 Å². The Labute approximate surface area is 93.8 Å². The zero-order valence-corrected chi connectivity index (χ0v) is 9.45. The molecule has 0 fully saturated rings. The van der Waals surface area contributed by atoms with Gasteiger partial charge >= 0.3 is 12.0 Å². The smallest absolute Gasteiger partial charge is 0.323 e. The van der Waals surface area contributed by atoms with E-state index < -0.39 is 18.5 Å². The molecule has 0 aliphatic carbocycles. The molecular weight excluding hydrogens is 214 g/mol. The van der Waals surface area contributed by atoms with E-state index in [1.807, 2.05) is 13.8 Å². The first-order valence-corrected chi connectivity index (χ1v) is 5.02. The summed E-state index contributed by atoms with van der Waals surface area (Å²) in [7, 11) is 0. The molecule has 0 bridgehead atoms. The van der Waals surface area contributed by atoms with Crippen LogP contribution in [0.2, 0.25) is 0 Å². The van der Waals surface area contributed by atoms with Crippen LogP contribution in [0.1, 0.15) is 13.8 Å². The van der Waals surface area contributed by atoms with Gasteiger partial charge in [-0.15, -0.1) is 0 Å². The number of carbonyl (C=O) groups is 3. The molecule has 0 rings (SSSR count). The van der Waals surface area contributed by atoms with Gasteiger partial charge in [-0.05, 0) is 13.8 Å². The number of nitrogens with one attached hydrogen (secondary N) is 2. The minimum atomic E-state index is -1.13. The molecule has 0 aromatic rings. The van der Waals surface area contributed by atoms with Crippen LogP contribution in [0.5, 0.6) is 0 Å². The van der Waals surface area contributed by atoms with Crippen LogP contribution in [0.4, 0.5) is 4.79 Å². The van der Waals surface area contributed by atoms with Crippen molar-refractivity contribution in [3.05, 3.63) is 0 Å². The van der Waals surface area contributed by atoms with Crippen LogP contribution >= 0.6 is 0 Å². The average molecular weight is 231 g/mol. The van der Waals surface area contributed by atoms with E-state index in [4.69, 9.17) is 5.11 Å². The van der Waals surface area contributed by atoms with Gasteiger partial charge in [-0.2, -0.15) is 0 Å². The fourth-order valence-corrected chi connectivity index (χ4v) is 1.06. The number of carboxylic acid groups (broad SMARTS) is 1. The maximum atomic E-state index is 11.4. The third-order valence-electron chi connectivity index (χ3n) is 1.92. The topological polar surface area (TPSA) is 98.7 Å². The molecule has 0 heterocycles. The summed E-state index contributed by atoms with van der Waals surface area (Å²) in [6, 6.07) is -0.664. The van der Waals surface area contributed by atoms with Crippen LogP contribution < -0.4 is 10.6 Å². The minimum Gasteiger partial charge on any atom is -0.480 e. The van der Waals surface area contributed by atoms with E-state index in [0.717, 1.165) is 0 Å². The van der Waals surface area contributed by atoms with Crippen LogP contribution in [0.3, 0.4) is 0 Å². The molecule has 0 spiro atoms. The number of aliphatic carboxylic acids is 1. The molecule has 0 atom stereocenters. The van der Waals surface area contributed by atoms with E-state index in [2.05, 4.69) is 10.6 Å². The molecule has 3 N–H and O–H groups in total. The van der Waals surface area contributed by atoms with Crippen LogP contribution in [-0.4, -0.2) is 54.1 Å². The first-order valence-electron chi connectivity index (χ1n) is 5.02. The van der Waals surface area contributed by atoms with E-state index in [1.165, 1.54) is 0 Å². The fourth-order valence-electron chi connectivity index (χ4n) is 1.06. The molecule has 0 aromatic carbocycles. The summed E-state index contributed by atoms with van der Waals surface area (Å²) < 4.78 is 0. The van der Waals surface area contributed by atoms with E-state index in [9.17, 15) is 14.4 Å². The van der Waals surface area contributed by atoms with Crippen molar-refractivity contribution in [2.45, 2.75) is 13.8 Å². The first kappa shape index (κ1) is 14.2. The van der Waals surface area contributed by atoms with Crippen molar-refractivity contribution in [3.8, 4) is 0 Å². The number of carboxylic acids is 1. The van der Waals surface area contributed by atoms with Gasteiger partial charge in [0.1, 0.15) is 6.54 Å². The Morgan fingerprint density at radius 2 is 1.56 bits per heavy atom. The normalized spacial score (nSPS) is 9.38. The third-order valence-corrected chi connectivity index (χ3v) is 1.92. The van der Waals surface area contributed by atoms with Crippen molar-refractivity contribution >= 4 is 17.9 Å². The number of likely N-dealkylation sites (N-methyl/N-ethyl adjacent to an activating group) is 1. The standard InChI is InChI=1S/C9H17N3O4/c1-3-12(4-2)7(13)5-10-9(16)11-6-8(14)15/h3-6H2,1-2H3,(H,14,15)(H2,10,11,16). The van der Waals surface area contributed by atoms with Gasteiger partial charge in [-0.1, -0.05) is 0 Å². The number of amides is 3. The highest BCUT2D eigenvalue weighted by Crippen LogP contribution is 1.86. The third kappa shape index (κ3) is 5.84. The number of urea groups is 1. The van der Waals surface area contributed by atoms with E-state index in [-0.39, 0.29) is 12.5 Å². The molecule has 92 valence electrons. The maximum absolute atomic E-state index is 11.4. The number of nitrogens with zero attached hydrogens (tertiary/aromatic N) is 1. The van der Waals surface area contributed by atoms with Gasteiger partial charge in [0.25, 0.3) is 0 Å². The molecule has 7 heteroatoms. The minimum absolute atomic E-state index is 0.132. The second-order valence-corrected chi connectivity index (χ2v) is 3.00. The van der Waals surface area contributed by atoms with Gasteiger partial charge in [0, 0.05) is 13.1 Å². The molecule has 0 aromatic heterocycles. The average Bonchev–Trinajstić information content (AvgIpc) is 2.25. The maximum Gasteiger partial charge on any atom is 0.323 e. The summed E-state index contributed by atoms with van der Waals surface area (Å²) >= 11 is 0. The zero-order chi connectivity index (χ0) is 12.6. The Morgan fingerprint density at radius 3 is 2.00 bits per heavy atom. The molecule has 0 aliphatic rings. The Kier molecular flexibility index (Phi) is 6.66. The van der Waals surface area contributed by atoms with Crippen LogP contribution in [0, 0.1) is 0 Å². The highest BCUT2D eigenvalue weighted by molar-refractivity contribution is 5.85. The van der Waals surface area contributed by atoms with E-state index in [1.54, 1.807) is 4.90 Å². The van der Waals surface area contributed by atoms with Crippen LogP contribution in [0.25, 0.3) is 0 Å². The summed E-state index contributed by atoms with van der Waals surface area (Å²) in [6.45, 7) is 4.23. The molecule has 0 radical (unpaired) electrons. The number of hydrogen-bond acceptors (Lipinski definition) is 3. The van der Waals surface area contributed by atoms with Crippen LogP contribution in [0.15, 0.2) is 0 Å². The van der Waals surface area contributed by atoms with Gasteiger partial charge in [0.15, 0.2) is 0 Å². The molecule has 7 nitrogen and oxygen atoms in total. The SMILES string of the molecule is CCN(CC)C(=O)CNC(=O)NCC(=O)O. The quantitative estimate of drug-likeness (QED) is 0.559. The van der Waals surface area contributed by atoms with Crippen LogP contribution in [-0.2, 0) is 9.59 Å². The number of hydrogen-bond donors (Lipinski definition) is 3. The lowest BCUT2D eigenvalue weighted by atomic mass is 10.4. The molecule has 0 saturated heterocycles. The summed E-state index contributed by atoms with van der Waals surface area (Å²) in [4.78, 5) is 34.1. The lowest BCUT2D eigenvalue weighted by Gasteiger charge is -2.18. The first-order chi connectivity index (χ1) is 7.51. The van der Waals surface area contributed by atoms with Crippen molar-refractivity contribution in [1.29, 1.82) is 0 Å². The summed E-state index contributed by atoms with van der Waals surface area (Å²) in [6.07, 6.45) is 0. The van der Waals surface area contributed by atoms with Gasteiger partial charge in [-0.3, -0.25) is 9.59 Å². The summed E-state index contributed by atoms with van der Waals surface area (Å²) in [5.74, 6) is -1.33. The molecule has 0 saturated carbocycles. The molecular formula is C9H17N3O4. The van der Waals surface area contributed by atoms with E-state index in [0.29, 0.717) is 13.1 Å². The largest absolute Gasteiger partial charge is 0.480 e. The highest BCUT2D eigenvalue weighted by atomic mass is 16.4. The predicted molar refractivity (Wildman–Crippen MR) is 57.0 cm³/mol. The van der Waals surface area contributed by atoms with Crippen molar-refractivity contribution < 1.29 is 19.5 Å². The van der Waals surface area contributed by atoms with Gasteiger partial charge < -0.3 is 20.6 Å². The molecule has 0 unspecified atom stereocenters. The lowest BCUT2D eigenvalue weighted by Crippen LogP contribution is -2.44. The van der Waals surface area contributed by atoms with Crippen molar-refractivity contribution in [3.63, 3.8) is 0 Å². The highest BCUT2D eigenvalue weighted by Gasteiger charge is 2.10. The summed E-state index contributed by atoms with van der Waals surface area (Å²) in [5.41, 5.74) is 0. The summed E-state index contributed by atoms with van der Waals surface area (Å²) in [5, 5.41) is 12.7. The van der Waals surface area contributed by atoms with Gasteiger partial charge in [-0.25, -0.2) is 4.79 Å². The Morgan fingerprint density at radius 1 is 1.06 bits per heavy atom. The molecule has 16 heavy (non-hydrogen) atoms. The Hall–Kier alpha value is -1.79. The number of carbonyl (C=O) groups excluding carboxylic acids is 2. The van der Waals surface area contributed by atoms with Crippen molar-refractivity contribution in [1.82, 2.24) is 15.5 Å². The second-order valence-electron chi connectivity index (χ2n) is 3.00. The van der Waals surface area contributed by atoms with E-state index >= 15 is 0 Å². The monoisotopic (exact) mass is 231 g/mol. The second kappa shape index (κ2) is 7.49. The fraction of sp³-hybridized carbons (Fsp3) is 0.667. The Balaban J connectivity index is 3.82. The van der Waals surface area contributed by atoms with Gasteiger partial charge in [0.2, 0.25) is 5.91 Å².